The first kappa shape index (κ1) is 14.7. The number of benzene rings is 2. The zero-order valence-corrected chi connectivity index (χ0v) is 12.7. The van der Waals surface area contributed by atoms with E-state index in [9.17, 15) is 9.00 Å². The van der Waals surface area contributed by atoms with Crippen LogP contribution >= 0.6 is 0 Å². The van der Waals surface area contributed by atoms with E-state index in [1.165, 1.54) is 7.11 Å². The summed E-state index contributed by atoms with van der Waals surface area (Å²) < 4.78 is 17.2. The first-order valence-corrected chi connectivity index (χ1v) is 7.71. The van der Waals surface area contributed by atoms with Crippen molar-refractivity contribution in [3.05, 3.63) is 42.5 Å². The SMILES string of the molecule is COC(=O)C(C)(C)CS(=O)c1ccc2ccccc2c1. The van der Waals surface area contributed by atoms with Crippen LogP contribution in [0.15, 0.2) is 47.4 Å². The summed E-state index contributed by atoms with van der Waals surface area (Å²) >= 11 is 0. The van der Waals surface area contributed by atoms with Crippen LogP contribution in [0.25, 0.3) is 10.8 Å². The lowest BCUT2D eigenvalue weighted by atomic mass is 9.97. The van der Waals surface area contributed by atoms with Gasteiger partial charge in [0.25, 0.3) is 0 Å². The predicted molar refractivity (Wildman–Crippen MR) is 81.0 cm³/mol. The molecule has 1 atom stereocenters. The minimum atomic E-state index is -1.23. The molecule has 0 heterocycles. The Morgan fingerprint density at radius 3 is 2.45 bits per heavy atom. The molecule has 0 aliphatic heterocycles. The van der Waals surface area contributed by atoms with E-state index in [-0.39, 0.29) is 11.7 Å². The number of methoxy groups -OCH3 is 1. The molecule has 1 unspecified atom stereocenters. The third-order valence-corrected chi connectivity index (χ3v) is 4.98. The number of carbonyl (C=O) groups is 1. The molecule has 2 aromatic rings. The molecule has 0 saturated heterocycles. The van der Waals surface area contributed by atoms with E-state index < -0.39 is 16.2 Å². The van der Waals surface area contributed by atoms with Gasteiger partial charge in [-0.15, -0.1) is 0 Å². The first-order chi connectivity index (χ1) is 9.44. The predicted octanol–water partition coefficient (Wildman–Crippen LogP) is 3.15. The molecule has 0 N–H and O–H groups in total. The summed E-state index contributed by atoms with van der Waals surface area (Å²) in [6.07, 6.45) is 0. The highest BCUT2D eigenvalue weighted by atomic mass is 32.2. The largest absolute Gasteiger partial charge is 0.469 e. The van der Waals surface area contributed by atoms with E-state index in [1.807, 2.05) is 42.5 Å². The summed E-state index contributed by atoms with van der Waals surface area (Å²) in [5, 5.41) is 2.16. The Kier molecular flexibility index (Phi) is 4.23. The van der Waals surface area contributed by atoms with Crippen molar-refractivity contribution in [2.24, 2.45) is 5.41 Å². The summed E-state index contributed by atoms with van der Waals surface area (Å²) in [4.78, 5) is 12.4. The molecule has 4 heteroatoms. The Hall–Kier alpha value is -1.68. The van der Waals surface area contributed by atoms with Gasteiger partial charge in [-0.05, 0) is 36.8 Å². The van der Waals surface area contributed by atoms with Crippen LogP contribution in [0.4, 0.5) is 0 Å². The van der Waals surface area contributed by atoms with E-state index >= 15 is 0 Å². The standard InChI is InChI=1S/C16H18O3S/c1-16(2,15(17)19-3)11-20(18)14-9-8-12-6-4-5-7-13(12)10-14/h4-10H,11H2,1-3H3. The van der Waals surface area contributed by atoms with Crippen molar-refractivity contribution >= 4 is 27.5 Å². The number of hydrogen-bond acceptors (Lipinski definition) is 3. The molecule has 0 aromatic heterocycles. The number of fused-ring (bicyclic) bond motifs is 1. The van der Waals surface area contributed by atoms with Gasteiger partial charge in [0, 0.05) is 10.6 Å². The number of rotatable bonds is 4. The molecule has 0 spiro atoms. The van der Waals surface area contributed by atoms with Crippen molar-refractivity contribution in [1.82, 2.24) is 0 Å². The van der Waals surface area contributed by atoms with Crippen LogP contribution in [0, 0.1) is 5.41 Å². The van der Waals surface area contributed by atoms with Crippen molar-refractivity contribution in [2.75, 3.05) is 12.9 Å². The molecule has 2 rings (SSSR count). The van der Waals surface area contributed by atoms with Gasteiger partial charge in [0.15, 0.2) is 0 Å². The van der Waals surface area contributed by atoms with Crippen LogP contribution in [-0.2, 0) is 20.3 Å². The lowest BCUT2D eigenvalue weighted by Crippen LogP contribution is -2.31. The summed E-state index contributed by atoms with van der Waals surface area (Å²) in [5.41, 5.74) is -0.759. The molecular formula is C16H18O3S. The maximum Gasteiger partial charge on any atom is 0.312 e. The minimum Gasteiger partial charge on any atom is -0.469 e. The number of carbonyl (C=O) groups excluding carboxylic acids is 1. The van der Waals surface area contributed by atoms with Crippen LogP contribution in [0.2, 0.25) is 0 Å². The van der Waals surface area contributed by atoms with Gasteiger partial charge >= 0.3 is 5.97 Å². The first-order valence-electron chi connectivity index (χ1n) is 6.39. The number of hydrogen-bond donors (Lipinski definition) is 0. The molecule has 106 valence electrons. The lowest BCUT2D eigenvalue weighted by molar-refractivity contribution is -0.149. The molecule has 0 aliphatic rings. The van der Waals surface area contributed by atoms with Crippen LogP contribution in [0.5, 0.6) is 0 Å². The van der Waals surface area contributed by atoms with Crippen molar-refractivity contribution in [1.29, 1.82) is 0 Å². The smallest absolute Gasteiger partial charge is 0.312 e. The molecule has 0 saturated carbocycles. The third kappa shape index (κ3) is 3.07. The molecule has 2 aromatic carbocycles. The average Bonchev–Trinajstić information content (AvgIpc) is 2.45. The Morgan fingerprint density at radius 1 is 1.15 bits per heavy atom. The molecule has 0 radical (unpaired) electrons. The van der Waals surface area contributed by atoms with E-state index in [2.05, 4.69) is 0 Å². The Bertz CT molecular complexity index is 662. The van der Waals surface area contributed by atoms with E-state index in [1.54, 1.807) is 13.8 Å². The molecule has 3 nitrogen and oxygen atoms in total. The van der Waals surface area contributed by atoms with E-state index in [0.29, 0.717) is 0 Å². The van der Waals surface area contributed by atoms with Gasteiger partial charge in [0.2, 0.25) is 0 Å². The summed E-state index contributed by atoms with van der Waals surface area (Å²) in [7, 11) is 0.118. The monoisotopic (exact) mass is 290 g/mol. The van der Waals surface area contributed by atoms with Gasteiger partial charge in [-0.1, -0.05) is 30.3 Å². The van der Waals surface area contributed by atoms with Gasteiger partial charge in [0.05, 0.1) is 23.3 Å². The maximum absolute atomic E-state index is 12.4. The second kappa shape index (κ2) is 5.75. The number of esters is 1. The summed E-state index contributed by atoms with van der Waals surface area (Å²) in [6.45, 7) is 3.50. The second-order valence-corrected chi connectivity index (χ2v) is 6.83. The average molecular weight is 290 g/mol. The highest BCUT2D eigenvalue weighted by Crippen LogP contribution is 2.24. The summed E-state index contributed by atoms with van der Waals surface area (Å²) in [6, 6.07) is 13.6. The fourth-order valence-corrected chi connectivity index (χ4v) is 3.47. The molecule has 0 bridgehead atoms. The van der Waals surface area contributed by atoms with Crippen LogP contribution in [0.3, 0.4) is 0 Å². The Balaban J connectivity index is 2.25. The van der Waals surface area contributed by atoms with Crippen LogP contribution in [-0.4, -0.2) is 23.0 Å². The van der Waals surface area contributed by atoms with E-state index in [4.69, 9.17) is 4.74 Å². The fourth-order valence-electron chi connectivity index (χ4n) is 2.06. The van der Waals surface area contributed by atoms with Crippen molar-refractivity contribution in [2.45, 2.75) is 18.7 Å². The molecule has 0 amide bonds. The summed E-state index contributed by atoms with van der Waals surface area (Å²) in [5.74, 6) is -0.0930. The molecule has 0 fully saturated rings. The van der Waals surface area contributed by atoms with Crippen molar-refractivity contribution in [3.63, 3.8) is 0 Å². The quantitative estimate of drug-likeness (QED) is 0.812. The van der Waals surface area contributed by atoms with Gasteiger partial charge in [0.1, 0.15) is 0 Å². The van der Waals surface area contributed by atoms with Crippen LogP contribution in [0.1, 0.15) is 13.8 Å². The van der Waals surface area contributed by atoms with E-state index in [0.717, 1.165) is 15.7 Å². The number of ether oxygens (including phenoxy) is 1. The third-order valence-electron chi connectivity index (χ3n) is 3.21. The highest BCUT2D eigenvalue weighted by molar-refractivity contribution is 7.85. The molecule has 20 heavy (non-hydrogen) atoms. The maximum atomic E-state index is 12.4. The lowest BCUT2D eigenvalue weighted by Gasteiger charge is -2.20. The molecule has 0 aliphatic carbocycles. The van der Waals surface area contributed by atoms with Crippen LogP contribution < -0.4 is 0 Å². The fraction of sp³-hybridized carbons (Fsp3) is 0.312. The van der Waals surface area contributed by atoms with Gasteiger partial charge in [-0.2, -0.15) is 0 Å². The van der Waals surface area contributed by atoms with Crippen molar-refractivity contribution in [3.8, 4) is 0 Å². The highest BCUT2D eigenvalue weighted by Gasteiger charge is 2.31. The van der Waals surface area contributed by atoms with Gasteiger partial charge in [-0.3, -0.25) is 9.00 Å². The Labute approximate surface area is 121 Å². The zero-order chi connectivity index (χ0) is 14.8. The normalized spacial score (nSPS) is 13.2. The van der Waals surface area contributed by atoms with Gasteiger partial charge in [-0.25, -0.2) is 0 Å². The van der Waals surface area contributed by atoms with Crippen molar-refractivity contribution < 1.29 is 13.7 Å². The topological polar surface area (TPSA) is 43.4 Å². The van der Waals surface area contributed by atoms with Gasteiger partial charge < -0.3 is 4.74 Å². The molecular weight excluding hydrogens is 272 g/mol. The minimum absolute atomic E-state index is 0.248. The zero-order valence-electron chi connectivity index (χ0n) is 11.9. The second-order valence-electron chi connectivity index (χ2n) is 5.37. The Morgan fingerprint density at radius 2 is 1.80 bits per heavy atom.